The Hall–Kier alpha value is -2.93. The number of hydrogen-bond acceptors (Lipinski definition) is 6. The predicted octanol–water partition coefficient (Wildman–Crippen LogP) is 3.04. The maximum Gasteiger partial charge on any atom is 0.312 e. The van der Waals surface area contributed by atoms with Crippen LogP contribution in [0.2, 0.25) is 0 Å². The molecule has 0 bridgehead atoms. The molecule has 1 atom stereocenters. The lowest BCUT2D eigenvalue weighted by Gasteiger charge is -2.36. The first-order valence-corrected chi connectivity index (χ1v) is 10.5. The number of carbonyl (C=O) groups is 1. The zero-order valence-electron chi connectivity index (χ0n) is 17.2. The molecule has 2 saturated heterocycles. The summed E-state index contributed by atoms with van der Waals surface area (Å²) in [6.07, 6.45) is 5.95. The summed E-state index contributed by atoms with van der Waals surface area (Å²) in [5.74, 6) is 0.776. The molecular weight excluding hydrogens is 380 g/mol. The number of methoxy groups -OCH3 is 1. The number of ether oxygens (including phenoxy) is 2. The van der Waals surface area contributed by atoms with Gasteiger partial charge in [0.25, 0.3) is 0 Å². The maximum absolute atomic E-state index is 12.8. The predicted molar refractivity (Wildman–Crippen MR) is 112 cm³/mol. The second-order valence-electron chi connectivity index (χ2n) is 8.33. The van der Waals surface area contributed by atoms with Crippen LogP contribution in [0.1, 0.15) is 25.0 Å². The lowest BCUT2D eigenvalue weighted by molar-refractivity contribution is -0.151. The first-order chi connectivity index (χ1) is 14.7. The van der Waals surface area contributed by atoms with Crippen molar-refractivity contribution in [2.45, 2.75) is 38.5 Å². The molecule has 0 aliphatic carbocycles. The number of imidazole rings is 1. The van der Waals surface area contributed by atoms with Gasteiger partial charge in [0.15, 0.2) is 0 Å². The van der Waals surface area contributed by atoms with Gasteiger partial charge in [0.2, 0.25) is 0 Å². The van der Waals surface area contributed by atoms with Crippen LogP contribution in [0.5, 0.6) is 5.75 Å². The molecule has 0 amide bonds. The Morgan fingerprint density at radius 1 is 1.17 bits per heavy atom. The summed E-state index contributed by atoms with van der Waals surface area (Å²) >= 11 is 0. The van der Waals surface area contributed by atoms with Crippen molar-refractivity contribution < 1.29 is 14.3 Å². The molecule has 0 saturated carbocycles. The van der Waals surface area contributed by atoms with E-state index in [9.17, 15) is 4.79 Å². The summed E-state index contributed by atoms with van der Waals surface area (Å²) in [6.45, 7) is 3.10. The van der Waals surface area contributed by atoms with Crippen LogP contribution in [0.4, 0.5) is 0 Å². The SMILES string of the molecule is COc1cccnc1CN1CCC2(CC1)CC(Cn1cnc3ccccc31)OC2=O. The van der Waals surface area contributed by atoms with E-state index in [1.54, 1.807) is 13.3 Å². The van der Waals surface area contributed by atoms with E-state index in [2.05, 4.69) is 25.5 Å². The molecule has 1 aromatic carbocycles. The molecule has 0 N–H and O–H groups in total. The Bertz CT molecular complexity index is 1060. The van der Waals surface area contributed by atoms with Gasteiger partial charge in [-0.05, 0) is 50.2 Å². The summed E-state index contributed by atoms with van der Waals surface area (Å²) in [7, 11) is 1.67. The van der Waals surface area contributed by atoms with Crippen LogP contribution >= 0.6 is 0 Å². The van der Waals surface area contributed by atoms with E-state index < -0.39 is 0 Å². The van der Waals surface area contributed by atoms with Crippen LogP contribution in [0.15, 0.2) is 48.9 Å². The number of likely N-dealkylation sites (tertiary alicyclic amines) is 1. The number of esters is 1. The van der Waals surface area contributed by atoms with Crippen LogP contribution in [0, 0.1) is 5.41 Å². The normalized spacial score (nSPS) is 21.2. The van der Waals surface area contributed by atoms with Gasteiger partial charge in [-0.15, -0.1) is 0 Å². The molecule has 5 rings (SSSR count). The number of nitrogens with zero attached hydrogens (tertiary/aromatic N) is 4. The van der Waals surface area contributed by atoms with Crippen molar-refractivity contribution in [1.82, 2.24) is 19.4 Å². The van der Waals surface area contributed by atoms with Crippen LogP contribution in [-0.2, 0) is 22.6 Å². The Morgan fingerprint density at radius 2 is 2.00 bits per heavy atom. The minimum absolute atomic E-state index is 0.0352. The van der Waals surface area contributed by atoms with Crippen molar-refractivity contribution in [1.29, 1.82) is 0 Å². The van der Waals surface area contributed by atoms with E-state index in [1.807, 2.05) is 36.7 Å². The van der Waals surface area contributed by atoms with Gasteiger partial charge in [-0.2, -0.15) is 0 Å². The molecule has 2 fully saturated rings. The van der Waals surface area contributed by atoms with E-state index in [0.717, 1.165) is 61.4 Å². The van der Waals surface area contributed by atoms with E-state index in [-0.39, 0.29) is 17.5 Å². The van der Waals surface area contributed by atoms with Crippen molar-refractivity contribution >= 4 is 17.0 Å². The first-order valence-electron chi connectivity index (χ1n) is 10.5. The quantitative estimate of drug-likeness (QED) is 0.607. The van der Waals surface area contributed by atoms with Crippen molar-refractivity contribution in [2.75, 3.05) is 20.2 Å². The topological polar surface area (TPSA) is 69.5 Å². The second-order valence-corrected chi connectivity index (χ2v) is 8.33. The molecule has 7 heteroatoms. The molecule has 4 heterocycles. The van der Waals surface area contributed by atoms with E-state index in [4.69, 9.17) is 9.47 Å². The highest BCUT2D eigenvalue weighted by molar-refractivity contribution is 5.79. The molecule has 3 aromatic rings. The number of rotatable bonds is 5. The first kappa shape index (κ1) is 19.1. The number of hydrogen-bond donors (Lipinski definition) is 0. The van der Waals surface area contributed by atoms with Crippen molar-refractivity contribution in [3.8, 4) is 5.75 Å². The number of fused-ring (bicyclic) bond motifs is 1. The molecule has 7 nitrogen and oxygen atoms in total. The summed E-state index contributed by atoms with van der Waals surface area (Å²) < 4.78 is 13.3. The van der Waals surface area contributed by atoms with Gasteiger partial charge in [-0.3, -0.25) is 14.7 Å². The summed E-state index contributed by atoms with van der Waals surface area (Å²) in [4.78, 5) is 24.1. The van der Waals surface area contributed by atoms with Gasteiger partial charge in [0, 0.05) is 19.2 Å². The van der Waals surface area contributed by atoms with Crippen LogP contribution < -0.4 is 4.74 Å². The highest BCUT2D eigenvalue weighted by Crippen LogP contribution is 2.44. The molecule has 2 aromatic heterocycles. The Kier molecular flexibility index (Phi) is 4.90. The fraction of sp³-hybridized carbons (Fsp3) is 0.435. The van der Waals surface area contributed by atoms with Gasteiger partial charge < -0.3 is 14.0 Å². The number of carbonyl (C=O) groups excluding carboxylic acids is 1. The second kappa shape index (κ2) is 7.72. The molecule has 30 heavy (non-hydrogen) atoms. The third-order valence-electron chi connectivity index (χ3n) is 6.51. The zero-order valence-corrected chi connectivity index (χ0v) is 17.2. The van der Waals surface area contributed by atoms with Gasteiger partial charge in [-0.25, -0.2) is 4.98 Å². The molecule has 2 aliphatic heterocycles. The third-order valence-corrected chi connectivity index (χ3v) is 6.51. The third kappa shape index (κ3) is 3.43. The number of benzene rings is 1. The van der Waals surface area contributed by atoms with E-state index >= 15 is 0 Å². The maximum atomic E-state index is 12.8. The Balaban J connectivity index is 1.23. The van der Waals surface area contributed by atoms with Crippen molar-refractivity contribution in [3.63, 3.8) is 0 Å². The molecule has 0 radical (unpaired) electrons. The Morgan fingerprint density at radius 3 is 2.83 bits per heavy atom. The smallest absolute Gasteiger partial charge is 0.312 e. The zero-order chi connectivity index (χ0) is 20.6. The fourth-order valence-corrected chi connectivity index (χ4v) is 4.80. The molecule has 156 valence electrons. The van der Waals surface area contributed by atoms with Crippen molar-refractivity contribution in [3.05, 3.63) is 54.6 Å². The average molecular weight is 406 g/mol. The molecular formula is C23H26N4O3. The summed E-state index contributed by atoms with van der Waals surface area (Å²) in [5.41, 5.74) is 2.63. The van der Waals surface area contributed by atoms with Crippen LogP contribution in [0.25, 0.3) is 11.0 Å². The highest BCUT2D eigenvalue weighted by atomic mass is 16.6. The van der Waals surface area contributed by atoms with E-state index in [0.29, 0.717) is 6.54 Å². The minimum Gasteiger partial charge on any atom is -0.495 e. The monoisotopic (exact) mass is 406 g/mol. The van der Waals surface area contributed by atoms with Crippen molar-refractivity contribution in [2.24, 2.45) is 5.41 Å². The van der Waals surface area contributed by atoms with Crippen LogP contribution in [0.3, 0.4) is 0 Å². The largest absolute Gasteiger partial charge is 0.495 e. The molecule has 1 unspecified atom stereocenters. The lowest BCUT2D eigenvalue weighted by Crippen LogP contribution is -2.42. The number of pyridine rings is 1. The minimum atomic E-state index is -0.355. The number of aromatic nitrogens is 3. The lowest BCUT2D eigenvalue weighted by atomic mass is 9.76. The summed E-state index contributed by atoms with van der Waals surface area (Å²) in [5, 5.41) is 0. The van der Waals surface area contributed by atoms with E-state index in [1.165, 1.54) is 0 Å². The van der Waals surface area contributed by atoms with Gasteiger partial charge in [0.1, 0.15) is 11.9 Å². The number of piperidine rings is 1. The van der Waals surface area contributed by atoms with Gasteiger partial charge in [-0.1, -0.05) is 12.1 Å². The molecule has 1 spiro atoms. The standard InChI is InChI=1S/C23H26N4O3/c1-29-21-7-4-10-24-19(21)15-26-11-8-23(9-12-26)13-17(30-22(23)28)14-27-16-25-18-5-2-3-6-20(18)27/h2-7,10,16-17H,8-9,11-15H2,1H3. The molecule has 2 aliphatic rings. The van der Waals surface area contributed by atoms with Gasteiger partial charge in [0.05, 0.1) is 42.1 Å². The number of para-hydroxylation sites is 2. The highest BCUT2D eigenvalue weighted by Gasteiger charge is 2.50. The van der Waals surface area contributed by atoms with Gasteiger partial charge >= 0.3 is 5.97 Å². The average Bonchev–Trinajstić information content (AvgIpc) is 3.31. The number of cyclic esters (lactones) is 1. The fourth-order valence-electron chi connectivity index (χ4n) is 4.80. The Labute approximate surface area is 175 Å². The summed E-state index contributed by atoms with van der Waals surface area (Å²) in [6, 6.07) is 11.9. The van der Waals surface area contributed by atoms with Crippen LogP contribution in [-0.4, -0.2) is 51.7 Å².